The van der Waals surface area contributed by atoms with Gasteiger partial charge in [0.15, 0.2) is 5.82 Å². The first kappa shape index (κ1) is 9.62. The molecular weight excluding hydrogens is 176 g/mol. The van der Waals surface area contributed by atoms with Crippen molar-refractivity contribution in [1.29, 1.82) is 0 Å². The van der Waals surface area contributed by atoms with E-state index in [9.17, 15) is 0 Å². The number of aromatic nitrogens is 4. The topological polar surface area (TPSA) is 43.6 Å². The Morgan fingerprint density at radius 3 is 2.57 bits per heavy atom. The molecule has 1 fully saturated rings. The van der Waals surface area contributed by atoms with E-state index in [1.807, 2.05) is 4.68 Å². The van der Waals surface area contributed by atoms with Crippen LogP contribution < -0.4 is 0 Å². The molecule has 1 aromatic rings. The van der Waals surface area contributed by atoms with E-state index < -0.39 is 0 Å². The molecule has 1 aliphatic rings. The van der Waals surface area contributed by atoms with Crippen LogP contribution in [0.4, 0.5) is 0 Å². The summed E-state index contributed by atoms with van der Waals surface area (Å²) < 4.78 is 1.97. The van der Waals surface area contributed by atoms with Gasteiger partial charge in [-0.2, -0.15) is 0 Å². The molecule has 1 heterocycles. The minimum Gasteiger partial charge on any atom is -0.227 e. The molecule has 0 amide bonds. The number of hydrogen-bond donors (Lipinski definition) is 0. The smallest absolute Gasteiger partial charge is 0.154 e. The molecule has 0 radical (unpaired) electrons. The lowest BCUT2D eigenvalue weighted by Gasteiger charge is -2.21. The minimum absolute atomic E-state index is 0.377. The summed E-state index contributed by atoms with van der Waals surface area (Å²) in [4.78, 5) is 0. The van der Waals surface area contributed by atoms with Crippen molar-refractivity contribution in [2.45, 2.75) is 57.9 Å². The van der Waals surface area contributed by atoms with Crippen LogP contribution in [0.15, 0.2) is 0 Å². The quantitative estimate of drug-likeness (QED) is 0.725. The zero-order valence-electron chi connectivity index (χ0n) is 8.98. The Labute approximate surface area is 84.7 Å². The summed E-state index contributed by atoms with van der Waals surface area (Å²) >= 11 is 0. The first-order valence-corrected chi connectivity index (χ1v) is 5.57. The van der Waals surface area contributed by atoms with E-state index >= 15 is 0 Å². The van der Waals surface area contributed by atoms with E-state index in [2.05, 4.69) is 29.4 Å². The first-order valence-electron chi connectivity index (χ1n) is 5.57. The molecular formula is C10H18N4. The van der Waals surface area contributed by atoms with E-state index in [0.717, 1.165) is 5.82 Å². The van der Waals surface area contributed by atoms with Crippen LogP contribution in [-0.2, 0) is 0 Å². The van der Waals surface area contributed by atoms with Gasteiger partial charge in [0.05, 0.1) is 6.04 Å². The average molecular weight is 194 g/mol. The molecule has 78 valence electrons. The fourth-order valence-electron chi connectivity index (χ4n) is 2.20. The molecule has 1 saturated carbocycles. The lowest BCUT2D eigenvalue weighted by Crippen LogP contribution is -2.14. The van der Waals surface area contributed by atoms with Gasteiger partial charge in [-0.15, -0.1) is 5.10 Å². The zero-order chi connectivity index (χ0) is 9.97. The largest absolute Gasteiger partial charge is 0.227 e. The summed E-state index contributed by atoms with van der Waals surface area (Å²) in [7, 11) is 0. The van der Waals surface area contributed by atoms with E-state index in [-0.39, 0.29) is 0 Å². The zero-order valence-corrected chi connectivity index (χ0v) is 8.98. The lowest BCUT2D eigenvalue weighted by molar-refractivity contribution is 0.393. The molecule has 0 unspecified atom stereocenters. The first-order chi connectivity index (χ1) is 6.79. The van der Waals surface area contributed by atoms with Crippen LogP contribution >= 0.6 is 0 Å². The van der Waals surface area contributed by atoms with Crippen molar-refractivity contribution >= 4 is 0 Å². The van der Waals surface area contributed by atoms with E-state index in [1.54, 1.807) is 0 Å². The second-order valence-corrected chi connectivity index (χ2v) is 4.41. The molecule has 4 heteroatoms. The van der Waals surface area contributed by atoms with Gasteiger partial charge in [0.2, 0.25) is 0 Å². The normalized spacial score (nSPS) is 19.1. The maximum Gasteiger partial charge on any atom is 0.154 e. The summed E-state index contributed by atoms with van der Waals surface area (Å²) in [6, 6.07) is 0.377. The number of rotatable bonds is 2. The van der Waals surface area contributed by atoms with E-state index in [1.165, 1.54) is 32.1 Å². The number of nitrogens with zero attached hydrogens (tertiary/aromatic N) is 4. The molecule has 1 aromatic heterocycles. The maximum atomic E-state index is 4.16. The van der Waals surface area contributed by atoms with E-state index in [0.29, 0.717) is 12.0 Å². The fraction of sp³-hybridized carbons (Fsp3) is 0.900. The molecule has 0 aromatic carbocycles. The molecule has 0 aliphatic heterocycles. The summed E-state index contributed by atoms with van der Waals surface area (Å²) in [5, 5.41) is 12.0. The Kier molecular flexibility index (Phi) is 2.79. The highest BCUT2D eigenvalue weighted by Gasteiger charge is 2.22. The van der Waals surface area contributed by atoms with Gasteiger partial charge in [-0.25, -0.2) is 4.68 Å². The van der Waals surface area contributed by atoms with Crippen molar-refractivity contribution in [2.75, 3.05) is 0 Å². The van der Waals surface area contributed by atoms with Gasteiger partial charge in [0, 0.05) is 5.92 Å². The van der Waals surface area contributed by atoms with Gasteiger partial charge < -0.3 is 0 Å². The summed E-state index contributed by atoms with van der Waals surface area (Å²) in [5.41, 5.74) is 0. The molecule has 1 aliphatic carbocycles. The monoisotopic (exact) mass is 194 g/mol. The maximum absolute atomic E-state index is 4.16. The molecule has 14 heavy (non-hydrogen) atoms. The number of tetrazole rings is 1. The third kappa shape index (κ3) is 1.79. The molecule has 0 N–H and O–H groups in total. The lowest BCUT2D eigenvalue weighted by atomic mass is 9.88. The highest BCUT2D eigenvalue weighted by Crippen LogP contribution is 2.31. The van der Waals surface area contributed by atoms with Crippen molar-refractivity contribution in [3.8, 4) is 0 Å². The van der Waals surface area contributed by atoms with Crippen molar-refractivity contribution < 1.29 is 0 Å². The van der Waals surface area contributed by atoms with Crippen LogP contribution in [-0.4, -0.2) is 20.2 Å². The van der Waals surface area contributed by atoms with Gasteiger partial charge >= 0.3 is 0 Å². The summed E-state index contributed by atoms with van der Waals surface area (Å²) in [6.07, 6.45) is 6.55. The van der Waals surface area contributed by atoms with Crippen LogP contribution in [0.25, 0.3) is 0 Å². The summed E-state index contributed by atoms with van der Waals surface area (Å²) in [6.45, 7) is 4.26. The molecule has 0 saturated heterocycles. The molecule has 4 nitrogen and oxygen atoms in total. The summed E-state index contributed by atoms with van der Waals surface area (Å²) in [5.74, 6) is 1.70. The fourth-order valence-corrected chi connectivity index (χ4v) is 2.20. The molecule has 0 bridgehead atoms. The predicted molar refractivity (Wildman–Crippen MR) is 54.0 cm³/mol. The van der Waals surface area contributed by atoms with Gasteiger partial charge in [-0.05, 0) is 37.1 Å². The second kappa shape index (κ2) is 4.07. The van der Waals surface area contributed by atoms with Crippen molar-refractivity contribution in [3.63, 3.8) is 0 Å². The van der Waals surface area contributed by atoms with Gasteiger partial charge in [-0.3, -0.25) is 0 Å². The third-order valence-electron chi connectivity index (χ3n) is 2.98. The molecule has 2 rings (SSSR count). The average Bonchev–Trinajstić information content (AvgIpc) is 2.67. The van der Waals surface area contributed by atoms with Gasteiger partial charge in [-0.1, -0.05) is 19.3 Å². The van der Waals surface area contributed by atoms with Crippen LogP contribution in [0.3, 0.4) is 0 Å². The second-order valence-electron chi connectivity index (χ2n) is 4.41. The Morgan fingerprint density at radius 1 is 1.21 bits per heavy atom. The van der Waals surface area contributed by atoms with Gasteiger partial charge in [0.25, 0.3) is 0 Å². The van der Waals surface area contributed by atoms with Crippen molar-refractivity contribution in [1.82, 2.24) is 20.2 Å². The van der Waals surface area contributed by atoms with Crippen LogP contribution in [0.5, 0.6) is 0 Å². The SMILES string of the molecule is CC(C)n1nnnc1C1CCCCC1. The highest BCUT2D eigenvalue weighted by molar-refractivity contribution is 4.96. The van der Waals surface area contributed by atoms with E-state index in [4.69, 9.17) is 0 Å². The van der Waals surface area contributed by atoms with Crippen LogP contribution in [0.1, 0.15) is 63.7 Å². The highest BCUT2D eigenvalue weighted by atomic mass is 15.5. The van der Waals surface area contributed by atoms with Gasteiger partial charge in [0.1, 0.15) is 0 Å². The third-order valence-corrected chi connectivity index (χ3v) is 2.98. The van der Waals surface area contributed by atoms with Crippen molar-refractivity contribution in [3.05, 3.63) is 5.82 Å². The van der Waals surface area contributed by atoms with Crippen molar-refractivity contribution in [2.24, 2.45) is 0 Å². The minimum atomic E-state index is 0.377. The van der Waals surface area contributed by atoms with Crippen LogP contribution in [0, 0.1) is 0 Å². The number of hydrogen-bond acceptors (Lipinski definition) is 3. The Balaban J connectivity index is 2.17. The standard InChI is InChI=1S/C10H18N4/c1-8(2)14-10(11-12-13-14)9-6-4-3-5-7-9/h8-9H,3-7H2,1-2H3. The van der Waals surface area contributed by atoms with Crippen LogP contribution in [0.2, 0.25) is 0 Å². The molecule has 0 atom stereocenters. The Bertz CT molecular complexity index is 286. The predicted octanol–water partition coefficient (Wildman–Crippen LogP) is 2.30. The Hall–Kier alpha value is -0.930. The molecule has 0 spiro atoms. The Morgan fingerprint density at radius 2 is 1.93 bits per heavy atom.